The summed E-state index contributed by atoms with van der Waals surface area (Å²) in [5.74, 6) is 0.639. The number of rotatable bonds is 8. The molecule has 0 heterocycles. The minimum Gasteiger partial charge on any atom is -0.493 e. The highest BCUT2D eigenvalue weighted by molar-refractivity contribution is 7.90. The van der Waals surface area contributed by atoms with Crippen LogP contribution in [0, 0.1) is 0 Å². The van der Waals surface area contributed by atoms with E-state index in [2.05, 4.69) is 0 Å². The molecule has 6 heteroatoms. The third-order valence-corrected chi connectivity index (χ3v) is 3.75. The first kappa shape index (κ1) is 15.9. The van der Waals surface area contributed by atoms with Gasteiger partial charge in [-0.1, -0.05) is 0 Å². The van der Waals surface area contributed by atoms with Crippen LogP contribution < -0.4 is 10.5 Å². The lowest BCUT2D eigenvalue weighted by molar-refractivity contribution is 0.0527. The van der Waals surface area contributed by atoms with Gasteiger partial charge in [0.1, 0.15) is 5.75 Å². The van der Waals surface area contributed by atoms with E-state index in [1.807, 2.05) is 6.92 Å². The van der Waals surface area contributed by atoms with Crippen molar-refractivity contribution in [1.29, 1.82) is 0 Å². The summed E-state index contributed by atoms with van der Waals surface area (Å²) in [5.41, 5.74) is 5.56. The fourth-order valence-corrected chi connectivity index (χ4v) is 2.23. The summed E-state index contributed by atoms with van der Waals surface area (Å²) in [4.78, 5) is 0.286. The summed E-state index contributed by atoms with van der Waals surface area (Å²) >= 11 is 0. The molecule has 1 aromatic carbocycles. The van der Waals surface area contributed by atoms with Crippen LogP contribution in [0.15, 0.2) is 29.2 Å². The molecule has 2 N–H and O–H groups in total. The number of nitrogens with two attached hydrogens (primary N) is 1. The average molecular weight is 287 g/mol. The standard InChI is InChI=1S/C13H21NO4S/c1-3-17-12(10-14)8-9-18-11-4-6-13(7-5-11)19(2,15)16/h4-7,12H,3,8-10,14H2,1-2H3. The van der Waals surface area contributed by atoms with E-state index in [0.29, 0.717) is 31.9 Å². The third kappa shape index (κ3) is 5.59. The van der Waals surface area contributed by atoms with Gasteiger partial charge in [-0.3, -0.25) is 0 Å². The Bertz CT molecular complexity index is 470. The predicted molar refractivity (Wildman–Crippen MR) is 74.1 cm³/mol. The molecular formula is C13H21NO4S. The predicted octanol–water partition coefficient (Wildman–Crippen LogP) is 1.22. The maximum Gasteiger partial charge on any atom is 0.175 e. The molecule has 1 rings (SSSR count). The molecule has 0 aliphatic rings. The lowest BCUT2D eigenvalue weighted by Gasteiger charge is -2.15. The van der Waals surface area contributed by atoms with Crippen molar-refractivity contribution in [3.63, 3.8) is 0 Å². The number of ether oxygens (including phenoxy) is 2. The molecule has 108 valence electrons. The van der Waals surface area contributed by atoms with Gasteiger partial charge in [-0.15, -0.1) is 0 Å². The van der Waals surface area contributed by atoms with Crippen LogP contribution in [0.3, 0.4) is 0 Å². The lowest BCUT2D eigenvalue weighted by Crippen LogP contribution is -2.25. The van der Waals surface area contributed by atoms with Gasteiger partial charge in [-0.2, -0.15) is 0 Å². The van der Waals surface area contributed by atoms with Crippen molar-refractivity contribution in [3.05, 3.63) is 24.3 Å². The van der Waals surface area contributed by atoms with Gasteiger partial charge in [0, 0.05) is 25.8 Å². The molecule has 0 amide bonds. The van der Waals surface area contributed by atoms with Crippen LogP contribution in [0.1, 0.15) is 13.3 Å². The van der Waals surface area contributed by atoms with Crippen LogP contribution in [-0.4, -0.2) is 40.5 Å². The molecule has 0 bridgehead atoms. The van der Waals surface area contributed by atoms with Crippen LogP contribution in [0.2, 0.25) is 0 Å². The topological polar surface area (TPSA) is 78.6 Å². The van der Waals surface area contributed by atoms with Crippen LogP contribution >= 0.6 is 0 Å². The number of benzene rings is 1. The molecule has 1 unspecified atom stereocenters. The van der Waals surface area contributed by atoms with Crippen molar-refractivity contribution < 1.29 is 17.9 Å². The van der Waals surface area contributed by atoms with Crippen molar-refractivity contribution in [2.75, 3.05) is 26.0 Å². The number of sulfone groups is 1. The van der Waals surface area contributed by atoms with Gasteiger partial charge in [-0.25, -0.2) is 8.42 Å². The van der Waals surface area contributed by atoms with Gasteiger partial charge >= 0.3 is 0 Å². The van der Waals surface area contributed by atoms with E-state index in [9.17, 15) is 8.42 Å². The van der Waals surface area contributed by atoms with Crippen molar-refractivity contribution in [1.82, 2.24) is 0 Å². The Morgan fingerprint density at radius 2 is 1.89 bits per heavy atom. The molecule has 0 aliphatic heterocycles. The smallest absolute Gasteiger partial charge is 0.175 e. The van der Waals surface area contributed by atoms with E-state index in [-0.39, 0.29) is 11.0 Å². The maximum atomic E-state index is 11.3. The first-order valence-corrected chi connectivity index (χ1v) is 8.11. The van der Waals surface area contributed by atoms with Crippen molar-refractivity contribution >= 4 is 9.84 Å². The molecule has 1 aromatic rings. The Kier molecular flexibility index (Phi) is 6.27. The highest BCUT2D eigenvalue weighted by Crippen LogP contribution is 2.16. The second-order valence-electron chi connectivity index (χ2n) is 4.19. The molecule has 5 nitrogen and oxygen atoms in total. The van der Waals surface area contributed by atoms with Crippen LogP contribution in [0.25, 0.3) is 0 Å². The van der Waals surface area contributed by atoms with Crippen molar-refractivity contribution in [2.24, 2.45) is 5.73 Å². The van der Waals surface area contributed by atoms with Gasteiger partial charge in [-0.05, 0) is 31.2 Å². The van der Waals surface area contributed by atoms with E-state index >= 15 is 0 Å². The van der Waals surface area contributed by atoms with Crippen LogP contribution in [-0.2, 0) is 14.6 Å². The fraction of sp³-hybridized carbons (Fsp3) is 0.538. The highest BCUT2D eigenvalue weighted by atomic mass is 32.2. The summed E-state index contributed by atoms with van der Waals surface area (Å²) in [6, 6.07) is 6.37. The van der Waals surface area contributed by atoms with E-state index < -0.39 is 9.84 Å². The molecule has 19 heavy (non-hydrogen) atoms. The quantitative estimate of drug-likeness (QED) is 0.778. The van der Waals surface area contributed by atoms with Gasteiger partial charge in [0.05, 0.1) is 17.6 Å². The zero-order valence-electron chi connectivity index (χ0n) is 11.3. The summed E-state index contributed by atoms with van der Waals surface area (Å²) in [6.07, 6.45) is 1.88. The van der Waals surface area contributed by atoms with Gasteiger partial charge < -0.3 is 15.2 Å². The Hall–Kier alpha value is -1.11. The van der Waals surface area contributed by atoms with E-state index in [1.54, 1.807) is 12.1 Å². The Morgan fingerprint density at radius 3 is 2.37 bits per heavy atom. The number of hydrogen-bond acceptors (Lipinski definition) is 5. The Labute approximate surface area is 114 Å². The highest BCUT2D eigenvalue weighted by Gasteiger charge is 2.08. The minimum absolute atomic E-state index is 0.000271. The largest absolute Gasteiger partial charge is 0.493 e. The SMILES string of the molecule is CCOC(CN)CCOc1ccc(S(C)(=O)=O)cc1. The van der Waals surface area contributed by atoms with Crippen molar-refractivity contribution in [2.45, 2.75) is 24.3 Å². The summed E-state index contributed by atoms with van der Waals surface area (Å²) in [6.45, 7) is 3.50. The molecule has 0 aliphatic carbocycles. The Balaban J connectivity index is 2.46. The minimum atomic E-state index is -3.16. The molecular weight excluding hydrogens is 266 g/mol. The number of hydrogen-bond donors (Lipinski definition) is 1. The van der Waals surface area contributed by atoms with Gasteiger partial charge in [0.15, 0.2) is 9.84 Å². The van der Waals surface area contributed by atoms with E-state index in [1.165, 1.54) is 18.4 Å². The van der Waals surface area contributed by atoms with Crippen molar-refractivity contribution in [3.8, 4) is 5.75 Å². The molecule has 1 atom stereocenters. The van der Waals surface area contributed by atoms with E-state index in [4.69, 9.17) is 15.2 Å². The molecule has 0 saturated carbocycles. The second-order valence-corrected chi connectivity index (χ2v) is 6.21. The van der Waals surface area contributed by atoms with Crippen LogP contribution in [0.4, 0.5) is 0 Å². The molecule has 0 fully saturated rings. The Morgan fingerprint density at radius 1 is 1.26 bits per heavy atom. The average Bonchev–Trinajstić information content (AvgIpc) is 2.37. The normalized spacial score (nSPS) is 13.2. The molecule has 0 aromatic heterocycles. The maximum absolute atomic E-state index is 11.3. The zero-order chi connectivity index (χ0) is 14.3. The second kappa shape index (κ2) is 7.47. The fourth-order valence-electron chi connectivity index (χ4n) is 1.60. The summed E-state index contributed by atoms with van der Waals surface area (Å²) in [7, 11) is -3.16. The zero-order valence-corrected chi connectivity index (χ0v) is 12.2. The molecule has 0 radical (unpaired) electrons. The monoisotopic (exact) mass is 287 g/mol. The first-order valence-electron chi connectivity index (χ1n) is 6.22. The summed E-state index contributed by atoms with van der Waals surface area (Å²) < 4.78 is 33.5. The molecule has 0 saturated heterocycles. The first-order chi connectivity index (χ1) is 8.97. The lowest BCUT2D eigenvalue weighted by atomic mass is 10.2. The molecule has 0 spiro atoms. The van der Waals surface area contributed by atoms with Gasteiger partial charge in [0.25, 0.3) is 0 Å². The van der Waals surface area contributed by atoms with Crippen LogP contribution in [0.5, 0.6) is 5.75 Å². The van der Waals surface area contributed by atoms with Gasteiger partial charge in [0.2, 0.25) is 0 Å². The summed E-state index contributed by atoms with van der Waals surface area (Å²) in [5, 5.41) is 0. The van der Waals surface area contributed by atoms with E-state index in [0.717, 1.165) is 0 Å². The third-order valence-electron chi connectivity index (χ3n) is 2.63.